The van der Waals surface area contributed by atoms with Crippen LogP contribution in [0.2, 0.25) is 0 Å². The molecule has 88 valence electrons. The van der Waals surface area contributed by atoms with Crippen molar-refractivity contribution in [1.29, 1.82) is 0 Å². The van der Waals surface area contributed by atoms with Crippen molar-refractivity contribution in [2.75, 3.05) is 39.6 Å². The first kappa shape index (κ1) is 14.4. The lowest BCUT2D eigenvalue weighted by Crippen LogP contribution is -2.09. The summed E-state index contributed by atoms with van der Waals surface area (Å²) in [6, 6.07) is 0. The molecule has 0 rings (SSSR count). The second kappa shape index (κ2) is 13.4. The summed E-state index contributed by atoms with van der Waals surface area (Å²) in [4.78, 5) is 0. The minimum Gasteiger partial charge on any atom is -0.379 e. The van der Waals surface area contributed by atoms with E-state index in [9.17, 15) is 0 Å². The van der Waals surface area contributed by atoms with Crippen LogP contribution in [0.1, 0.15) is 12.8 Å². The van der Waals surface area contributed by atoms with Crippen LogP contribution >= 0.6 is 0 Å². The van der Waals surface area contributed by atoms with Gasteiger partial charge in [-0.05, 0) is 12.8 Å². The highest BCUT2D eigenvalue weighted by Gasteiger charge is 1.90. The van der Waals surface area contributed by atoms with Crippen LogP contribution in [0.4, 0.5) is 0 Å². The average Bonchev–Trinajstić information content (AvgIpc) is 2.26. The molecule has 3 nitrogen and oxygen atoms in total. The lowest BCUT2D eigenvalue weighted by molar-refractivity contribution is 0.0162. The van der Waals surface area contributed by atoms with Crippen LogP contribution in [0.5, 0.6) is 0 Å². The highest BCUT2D eigenvalue weighted by Crippen LogP contribution is 1.86. The molecule has 0 aliphatic heterocycles. The first-order valence-electron chi connectivity index (χ1n) is 5.37. The maximum atomic E-state index is 5.29. The third kappa shape index (κ3) is 13.4. The topological polar surface area (TPSA) is 27.7 Å². The SMILES string of the molecule is C=CCCOCCOCCOCCC=C. The van der Waals surface area contributed by atoms with Crippen molar-refractivity contribution in [3.63, 3.8) is 0 Å². The van der Waals surface area contributed by atoms with Gasteiger partial charge in [-0.3, -0.25) is 0 Å². The maximum absolute atomic E-state index is 5.29. The molecule has 0 amide bonds. The number of hydrogen-bond acceptors (Lipinski definition) is 3. The third-order valence-corrected chi connectivity index (χ3v) is 1.68. The molecular formula is C12H22O3. The number of ether oxygens (including phenoxy) is 3. The van der Waals surface area contributed by atoms with Gasteiger partial charge in [0.1, 0.15) is 0 Å². The van der Waals surface area contributed by atoms with Gasteiger partial charge in [-0.1, -0.05) is 12.2 Å². The van der Waals surface area contributed by atoms with E-state index in [-0.39, 0.29) is 0 Å². The molecule has 0 radical (unpaired) electrons. The Balaban J connectivity index is 2.86. The van der Waals surface area contributed by atoms with Crippen molar-refractivity contribution in [3.05, 3.63) is 25.3 Å². The highest BCUT2D eigenvalue weighted by atomic mass is 16.5. The van der Waals surface area contributed by atoms with Gasteiger partial charge in [0.15, 0.2) is 0 Å². The van der Waals surface area contributed by atoms with E-state index in [4.69, 9.17) is 14.2 Å². The monoisotopic (exact) mass is 214 g/mol. The van der Waals surface area contributed by atoms with E-state index in [1.807, 2.05) is 12.2 Å². The van der Waals surface area contributed by atoms with Crippen molar-refractivity contribution < 1.29 is 14.2 Å². The molecule has 0 saturated carbocycles. The van der Waals surface area contributed by atoms with Crippen LogP contribution in [0.25, 0.3) is 0 Å². The molecular weight excluding hydrogens is 192 g/mol. The molecule has 3 heteroatoms. The van der Waals surface area contributed by atoms with Gasteiger partial charge in [0.05, 0.1) is 39.6 Å². The predicted molar refractivity (Wildman–Crippen MR) is 62.1 cm³/mol. The standard InChI is InChI=1S/C12H22O3/c1-3-5-7-13-9-11-15-12-10-14-8-6-4-2/h3-4H,1-2,5-12H2. The minimum atomic E-state index is 0.627. The summed E-state index contributed by atoms with van der Waals surface area (Å²) in [7, 11) is 0. The molecule has 0 fully saturated rings. The van der Waals surface area contributed by atoms with Crippen molar-refractivity contribution in [2.24, 2.45) is 0 Å². The molecule has 0 atom stereocenters. The van der Waals surface area contributed by atoms with Crippen LogP contribution in [-0.2, 0) is 14.2 Å². The quantitative estimate of drug-likeness (QED) is 0.368. The predicted octanol–water partition coefficient (Wildman–Crippen LogP) is 2.19. The second-order valence-electron chi connectivity index (χ2n) is 2.99. The van der Waals surface area contributed by atoms with Crippen LogP contribution in [-0.4, -0.2) is 39.6 Å². The van der Waals surface area contributed by atoms with Crippen LogP contribution in [0.15, 0.2) is 25.3 Å². The number of hydrogen-bond donors (Lipinski definition) is 0. The zero-order chi connectivity index (χ0) is 11.2. The van der Waals surface area contributed by atoms with E-state index in [0.29, 0.717) is 26.4 Å². The molecule has 0 spiro atoms. The van der Waals surface area contributed by atoms with Crippen LogP contribution in [0, 0.1) is 0 Å². The van der Waals surface area contributed by atoms with Gasteiger partial charge in [0, 0.05) is 0 Å². The summed E-state index contributed by atoms with van der Waals surface area (Å²) >= 11 is 0. The Kier molecular flexibility index (Phi) is 12.8. The molecule has 0 aromatic heterocycles. The molecule has 0 saturated heterocycles. The van der Waals surface area contributed by atoms with Gasteiger partial charge in [-0.15, -0.1) is 13.2 Å². The Labute approximate surface area is 92.7 Å². The summed E-state index contributed by atoms with van der Waals surface area (Å²) in [5.74, 6) is 0. The van der Waals surface area contributed by atoms with Crippen molar-refractivity contribution >= 4 is 0 Å². The van der Waals surface area contributed by atoms with E-state index in [1.165, 1.54) is 0 Å². The molecule has 0 aromatic carbocycles. The van der Waals surface area contributed by atoms with Gasteiger partial charge in [0.2, 0.25) is 0 Å². The molecule has 0 unspecified atom stereocenters. The normalized spacial score (nSPS) is 10.1. The Bertz CT molecular complexity index is 130. The van der Waals surface area contributed by atoms with Crippen LogP contribution < -0.4 is 0 Å². The lowest BCUT2D eigenvalue weighted by Gasteiger charge is -2.05. The van der Waals surface area contributed by atoms with E-state index in [2.05, 4.69) is 13.2 Å². The molecule has 0 heterocycles. The first-order valence-corrected chi connectivity index (χ1v) is 5.37. The van der Waals surface area contributed by atoms with E-state index < -0.39 is 0 Å². The fraction of sp³-hybridized carbons (Fsp3) is 0.667. The Hall–Kier alpha value is -0.640. The molecule has 0 aliphatic rings. The number of rotatable bonds is 12. The van der Waals surface area contributed by atoms with Gasteiger partial charge < -0.3 is 14.2 Å². The largest absolute Gasteiger partial charge is 0.379 e. The third-order valence-electron chi connectivity index (χ3n) is 1.68. The van der Waals surface area contributed by atoms with E-state index >= 15 is 0 Å². The molecule has 0 aliphatic carbocycles. The molecule has 0 bridgehead atoms. The van der Waals surface area contributed by atoms with Gasteiger partial charge in [0.25, 0.3) is 0 Å². The first-order chi connectivity index (χ1) is 7.41. The minimum absolute atomic E-state index is 0.627. The van der Waals surface area contributed by atoms with Gasteiger partial charge >= 0.3 is 0 Å². The van der Waals surface area contributed by atoms with Crippen molar-refractivity contribution in [1.82, 2.24) is 0 Å². The van der Waals surface area contributed by atoms with Crippen molar-refractivity contribution in [3.8, 4) is 0 Å². The maximum Gasteiger partial charge on any atom is 0.0701 e. The summed E-state index contributed by atoms with van der Waals surface area (Å²) < 4.78 is 15.8. The highest BCUT2D eigenvalue weighted by molar-refractivity contribution is 4.64. The van der Waals surface area contributed by atoms with E-state index in [0.717, 1.165) is 26.1 Å². The van der Waals surface area contributed by atoms with E-state index in [1.54, 1.807) is 0 Å². The fourth-order valence-corrected chi connectivity index (χ4v) is 0.875. The zero-order valence-electron chi connectivity index (χ0n) is 9.45. The lowest BCUT2D eigenvalue weighted by atomic mass is 10.5. The molecule has 0 N–H and O–H groups in total. The summed E-state index contributed by atoms with van der Waals surface area (Å²) in [5.41, 5.74) is 0. The summed E-state index contributed by atoms with van der Waals surface area (Å²) in [6.07, 6.45) is 5.47. The van der Waals surface area contributed by atoms with Crippen LogP contribution in [0.3, 0.4) is 0 Å². The fourth-order valence-electron chi connectivity index (χ4n) is 0.875. The smallest absolute Gasteiger partial charge is 0.0701 e. The molecule has 15 heavy (non-hydrogen) atoms. The summed E-state index contributed by atoms with van der Waals surface area (Å²) in [5, 5.41) is 0. The second-order valence-corrected chi connectivity index (χ2v) is 2.99. The zero-order valence-corrected chi connectivity index (χ0v) is 9.45. The Morgan fingerprint density at radius 3 is 1.27 bits per heavy atom. The van der Waals surface area contributed by atoms with Gasteiger partial charge in [-0.2, -0.15) is 0 Å². The average molecular weight is 214 g/mol. The Morgan fingerprint density at radius 2 is 0.933 bits per heavy atom. The van der Waals surface area contributed by atoms with Gasteiger partial charge in [-0.25, -0.2) is 0 Å². The summed E-state index contributed by atoms with van der Waals surface area (Å²) in [6.45, 7) is 11.2. The molecule has 0 aromatic rings. The Morgan fingerprint density at radius 1 is 0.600 bits per heavy atom. The van der Waals surface area contributed by atoms with Crippen molar-refractivity contribution in [2.45, 2.75) is 12.8 Å².